The van der Waals surface area contributed by atoms with Crippen LogP contribution in [0.2, 0.25) is 0 Å². The summed E-state index contributed by atoms with van der Waals surface area (Å²) in [7, 11) is 0. The molecule has 0 atom stereocenters. The smallest absolute Gasteiger partial charge is 0.255 e. The third kappa shape index (κ3) is 5.07. The maximum atomic E-state index is 12.7. The summed E-state index contributed by atoms with van der Waals surface area (Å²) in [4.78, 5) is 26.2. The molecule has 0 saturated carbocycles. The molecule has 0 saturated heterocycles. The van der Waals surface area contributed by atoms with Crippen molar-refractivity contribution >= 4 is 28.9 Å². The summed E-state index contributed by atoms with van der Waals surface area (Å²) < 4.78 is 1.70. The van der Waals surface area contributed by atoms with E-state index in [0.717, 1.165) is 47.7 Å². The van der Waals surface area contributed by atoms with Gasteiger partial charge < -0.3 is 10.6 Å². The zero-order valence-electron chi connectivity index (χ0n) is 20.3. The number of pyridine rings is 1. The Hall–Kier alpha value is -4.59. The number of amides is 1. The second-order valence-corrected chi connectivity index (χ2v) is 8.48. The van der Waals surface area contributed by atoms with Gasteiger partial charge >= 0.3 is 0 Å². The molecule has 0 fully saturated rings. The van der Waals surface area contributed by atoms with Crippen molar-refractivity contribution in [2.45, 2.75) is 33.1 Å². The van der Waals surface area contributed by atoms with E-state index in [0.29, 0.717) is 17.2 Å². The first-order chi connectivity index (χ1) is 17.6. The Morgan fingerprint density at radius 1 is 0.944 bits per heavy atom. The fourth-order valence-corrected chi connectivity index (χ4v) is 3.89. The molecule has 36 heavy (non-hydrogen) atoms. The maximum absolute atomic E-state index is 12.7. The number of anilines is 3. The van der Waals surface area contributed by atoms with Gasteiger partial charge in [-0.05, 0) is 66.9 Å². The quantitative estimate of drug-likeness (QED) is 0.298. The lowest BCUT2D eigenvalue weighted by Gasteiger charge is -2.11. The highest BCUT2D eigenvalue weighted by Gasteiger charge is 2.13. The number of hydrogen-bond acceptors (Lipinski definition) is 6. The summed E-state index contributed by atoms with van der Waals surface area (Å²) in [6.07, 6.45) is 6.22. The standard InChI is InChI=1S/C28H27N7O/c1-3-6-24-17-25(35-28(32-24)33-26(34-35)21-7-5-16-29-18-21)30-22-14-10-20(11-15-22)27(36)31-23-12-8-19(4-2)9-13-23/h5,7-18,30H,3-4,6H2,1-2H3,(H,31,36). The number of aromatic nitrogens is 5. The number of carbonyl (C=O) groups excluding carboxylic acids is 1. The van der Waals surface area contributed by atoms with Crippen molar-refractivity contribution in [3.05, 3.63) is 95.9 Å². The number of rotatable bonds is 8. The van der Waals surface area contributed by atoms with Crippen LogP contribution in [0.4, 0.5) is 17.2 Å². The fraction of sp³-hybridized carbons (Fsp3) is 0.179. The van der Waals surface area contributed by atoms with Crippen LogP contribution in [0, 0.1) is 0 Å². The number of benzene rings is 2. The van der Waals surface area contributed by atoms with Crippen LogP contribution in [0.5, 0.6) is 0 Å². The molecule has 0 aliphatic rings. The van der Waals surface area contributed by atoms with Gasteiger partial charge in [0.2, 0.25) is 0 Å². The average Bonchev–Trinajstić information content (AvgIpc) is 3.35. The summed E-state index contributed by atoms with van der Waals surface area (Å²) >= 11 is 0. The second-order valence-electron chi connectivity index (χ2n) is 8.48. The van der Waals surface area contributed by atoms with Crippen LogP contribution in [0.25, 0.3) is 17.2 Å². The Labute approximate surface area is 209 Å². The molecule has 0 spiro atoms. The molecule has 5 rings (SSSR count). The van der Waals surface area contributed by atoms with E-state index in [1.165, 1.54) is 5.56 Å². The van der Waals surface area contributed by atoms with E-state index in [4.69, 9.17) is 0 Å². The minimum Gasteiger partial charge on any atom is -0.340 e. The molecule has 0 aliphatic carbocycles. The van der Waals surface area contributed by atoms with Crippen molar-refractivity contribution < 1.29 is 4.79 Å². The molecule has 3 aromatic heterocycles. The van der Waals surface area contributed by atoms with Gasteiger partial charge in [-0.15, -0.1) is 5.10 Å². The van der Waals surface area contributed by atoms with E-state index in [1.54, 1.807) is 29.0 Å². The average molecular weight is 478 g/mol. The predicted molar refractivity (Wildman–Crippen MR) is 142 cm³/mol. The Morgan fingerprint density at radius 3 is 2.42 bits per heavy atom. The van der Waals surface area contributed by atoms with Crippen LogP contribution in [0.15, 0.2) is 79.1 Å². The first kappa shape index (κ1) is 23.2. The Balaban J connectivity index is 1.38. The van der Waals surface area contributed by atoms with Crippen molar-refractivity contribution in [1.82, 2.24) is 24.6 Å². The van der Waals surface area contributed by atoms with Crippen molar-refractivity contribution in [3.63, 3.8) is 0 Å². The van der Waals surface area contributed by atoms with Gasteiger partial charge in [0.05, 0.1) is 0 Å². The van der Waals surface area contributed by atoms with Crippen LogP contribution in [0.1, 0.15) is 41.9 Å². The normalized spacial score (nSPS) is 10.9. The van der Waals surface area contributed by atoms with Gasteiger partial charge in [0.1, 0.15) is 5.82 Å². The van der Waals surface area contributed by atoms with E-state index in [-0.39, 0.29) is 5.91 Å². The van der Waals surface area contributed by atoms with Crippen molar-refractivity contribution in [2.24, 2.45) is 0 Å². The number of nitrogens with zero attached hydrogens (tertiary/aromatic N) is 5. The minimum atomic E-state index is -0.153. The third-order valence-electron chi connectivity index (χ3n) is 5.83. The first-order valence-electron chi connectivity index (χ1n) is 12.1. The van der Waals surface area contributed by atoms with Crippen molar-refractivity contribution in [3.8, 4) is 11.4 Å². The summed E-state index contributed by atoms with van der Waals surface area (Å²) in [5.41, 5.74) is 5.17. The van der Waals surface area contributed by atoms with E-state index < -0.39 is 0 Å². The Kier molecular flexibility index (Phi) is 6.66. The van der Waals surface area contributed by atoms with E-state index in [1.807, 2.05) is 54.6 Å². The zero-order chi connectivity index (χ0) is 24.9. The SMILES string of the molecule is CCCc1cc(Nc2ccc(C(=O)Nc3ccc(CC)cc3)cc2)n2nc(-c3cccnc3)nc2n1. The second kappa shape index (κ2) is 10.4. The Bertz CT molecular complexity index is 1480. The fourth-order valence-electron chi connectivity index (χ4n) is 3.89. The van der Waals surface area contributed by atoms with Crippen molar-refractivity contribution in [2.75, 3.05) is 10.6 Å². The van der Waals surface area contributed by atoms with Crippen molar-refractivity contribution in [1.29, 1.82) is 0 Å². The largest absolute Gasteiger partial charge is 0.340 e. The Morgan fingerprint density at radius 2 is 1.72 bits per heavy atom. The summed E-state index contributed by atoms with van der Waals surface area (Å²) in [5.74, 6) is 1.68. The molecule has 0 bridgehead atoms. The maximum Gasteiger partial charge on any atom is 0.255 e. The highest BCUT2D eigenvalue weighted by atomic mass is 16.1. The third-order valence-corrected chi connectivity index (χ3v) is 5.83. The lowest BCUT2D eigenvalue weighted by Crippen LogP contribution is -2.11. The number of nitrogens with one attached hydrogen (secondary N) is 2. The lowest BCUT2D eigenvalue weighted by molar-refractivity contribution is 0.102. The van der Waals surface area contributed by atoms with Crippen LogP contribution in [-0.2, 0) is 12.8 Å². The van der Waals surface area contributed by atoms with Gasteiger partial charge in [-0.1, -0.05) is 32.4 Å². The number of aryl methyl sites for hydroxylation is 2. The number of fused-ring (bicyclic) bond motifs is 1. The molecule has 3 heterocycles. The van der Waals surface area contributed by atoms with E-state index >= 15 is 0 Å². The topological polar surface area (TPSA) is 97.1 Å². The predicted octanol–water partition coefficient (Wildman–Crippen LogP) is 5.70. The molecule has 0 radical (unpaired) electrons. The summed E-state index contributed by atoms with van der Waals surface area (Å²) in [6.45, 7) is 4.22. The van der Waals surface area contributed by atoms with Crippen LogP contribution >= 0.6 is 0 Å². The lowest BCUT2D eigenvalue weighted by atomic mass is 10.1. The zero-order valence-corrected chi connectivity index (χ0v) is 20.3. The molecule has 2 N–H and O–H groups in total. The molecule has 0 unspecified atom stereocenters. The molecule has 8 nitrogen and oxygen atoms in total. The molecular weight excluding hydrogens is 450 g/mol. The van der Waals surface area contributed by atoms with Gasteiger partial charge in [0.15, 0.2) is 5.82 Å². The van der Waals surface area contributed by atoms with Gasteiger partial charge in [0.25, 0.3) is 11.7 Å². The summed E-state index contributed by atoms with van der Waals surface area (Å²) in [6, 6.07) is 21.0. The highest BCUT2D eigenvalue weighted by molar-refractivity contribution is 6.04. The molecule has 2 aromatic carbocycles. The molecule has 180 valence electrons. The minimum absolute atomic E-state index is 0.153. The number of carbonyl (C=O) groups is 1. The molecule has 5 aromatic rings. The van der Waals surface area contributed by atoms with Gasteiger partial charge in [-0.2, -0.15) is 9.50 Å². The van der Waals surface area contributed by atoms with Crippen LogP contribution in [-0.4, -0.2) is 30.5 Å². The highest BCUT2D eigenvalue weighted by Crippen LogP contribution is 2.22. The molecular formula is C28H27N7O. The number of hydrogen-bond donors (Lipinski definition) is 2. The molecule has 1 amide bonds. The van der Waals surface area contributed by atoms with E-state index in [2.05, 4.69) is 44.5 Å². The van der Waals surface area contributed by atoms with Crippen LogP contribution < -0.4 is 10.6 Å². The van der Waals surface area contributed by atoms with Gasteiger partial charge in [0, 0.05) is 46.7 Å². The van der Waals surface area contributed by atoms with E-state index in [9.17, 15) is 4.79 Å². The summed E-state index contributed by atoms with van der Waals surface area (Å²) in [5, 5.41) is 11.0. The monoisotopic (exact) mass is 477 g/mol. The van der Waals surface area contributed by atoms with Crippen LogP contribution in [0.3, 0.4) is 0 Å². The molecule has 0 aliphatic heterocycles. The first-order valence-corrected chi connectivity index (χ1v) is 12.1. The van der Waals surface area contributed by atoms with Gasteiger partial charge in [-0.3, -0.25) is 9.78 Å². The van der Waals surface area contributed by atoms with Gasteiger partial charge in [-0.25, -0.2) is 4.98 Å². The molecule has 8 heteroatoms.